The Kier molecular flexibility index (Phi) is 27.3. The normalized spacial score (nSPS) is 14.6. The Morgan fingerprint density at radius 1 is 1.10 bits per heavy atom. The van der Waals surface area contributed by atoms with Gasteiger partial charge in [0.1, 0.15) is 6.29 Å². The van der Waals surface area contributed by atoms with Crippen LogP contribution in [0.2, 0.25) is 0 Å². The summed E-state index contributed by atoms with van der Waals surface area (Å²) in [6.45, 7) is 39.0. The highest BCUT2D eigenvalue weighted by atomic mass is 32.2. The standard InChI is InChI=1S/C42H59N5O4S2.C12H20N2O.C2H6.CH5N/c1-11-47-37-17-16-31(20-34(37)35(21-41(7,8)25-51-26-49)40(47)33-15-13-19-44-39(33)30(6)50-10)36-24-52-38(45-36)22-42(9,18-12-14-32(23-48)53-43)46-29(5)28(4)27(2)3;1-4-11(15)14(9-8-13-5-2)10-12(3)6-7-12;2*1-2/h13,15-17,19-20,23-24,26-28,30,32,46H,5,11-12,14,18,21-22,25,43H2,1-4,6-10H3;4-5,13H,1-2,6-10H2,3H3;1-2H3;2H2,1H3. The molecule has 0 radical (unpaired) electrons. The van der Waals surface area contributed by atoms with Crippen LogP contribution in [-0.2, 0) is 43.2 Å². The van der Waals surface area contributed by atoms with Crippen molar-refractivity contribution in [1.82, 2.24) is 30.1 Å². The largest absolute Gasteiger partial charge is 0.467 e. The van der Waals surface area contributed by atoms with E-state index in [2.05, 4.69) is 126 Å². The molecule has 0 saturated heterocycles. The molecule has 1 aromatic carbocycles. The number of pyridine rings is 1. The molecule has 1 saturated carbocycles. The van der Waals surface area contributed by atoms with Crippen molar-refractivity contribution >= 4 is 52.9 Å². The molecule has 1 fully saturated rings. The number of aldehydes is 1. The van der Waals surface area contributed by atoms with Crippen LogP contribution in [0, 0.1) is 22.7 Å². The fraction of sp³-hybridized carbons (Fsp3) is 0.561. The number of ether oxygens (including phenoxy) is 2. The average molecular weight is 1030 g/mol. The summed E-state index contributed by atoms with van der Waals surface area (Å²) in [4.78, 5) is 46.1. The van der Waals surface area contributed by atoms with E-state index in [0.717, 1.165) is 113 Å². The van der Waals surface area contributed by atoms with Gasteiger partial charge in [-0.25, -0.2) is 4.98 Å². The molecular formula is C57H90N8O5S2. The molecule has 1 aliphatic rings. The molecule has 1 aliphatic carbocycles. The number of benzene rings is 1. The highest BCUT2D eigenvalue weighted by molar-refractivity contribution is 7.98. The molecule has 15 heteroatoms. The number of nitrogens with two attached hydrogens (primary N) is 2. The van der Waals surface area contributed by atoms with E-state index in [-0.39, 0.29) is 28.2 Å². The topological polar surface area (TPSA) is 180 Å². The van der Waals surface area contributed by atoms with Crippen LogP contribution in [0.1, 0.15) is 131 Å². The first-order valence-electron chi connectivity index (χ1n) is 25.6. The third-order valence-corrected chi connectivity index (χ3v) is 14.8. The summed E-state index contributed by atoms with van der Waals surface area (Å²) in [7, 11) is 3.21. The Morgan fingerprint density at radius 3 is 2.36 bits per heavy atom. The average Bonchev–Trinajstić information content (AvgIpc) is 3.79. The van der Waals surface area contributed by atoms with Gasteiger partial charge in [0.05, 0.1) is 40.1 Å². The number of nitrogens with one attached hydrogen (secondary N) is 2. The lowest BCUT2D eigenvalue weighted by Gasteiger charge is -2.35. The van der Waals surface area contributed by atoms with Gasteiger partial charge in [0, 0.05) is 90.0 Å². The first kappa shape index (κ1) is 63.3. The van der Waals surface area contributed by atoms with Crippen LogP contribution < -0.4 is 21.5 Å². The molecule has 4 atom stereocenters. The number of carbonyl (C=O) groups is 3. The second-order valence-corrected chi connectivity index (χ2v) is 21.9. The van der Waals surface area contributed by atoms with E-state index in [4.69, 9.17) is 24.6 Å². The third kappa shape index (κ3) is 18.6. The quantitative estimate of drug-likeness (QED) is 0.0175. The summed E-state index contributed by atoms with van der Waals surface area (Å²) in [5.74, 6) is 0.784. The van der Waals surface area contributed by atoms with Gasteiger partial charge < -0.3 is 40.1 Å². The van der Waals surface area contributed by atoms with Crippen molar-refractivity contribution in [2.45, 2.75) is 145 Å². The van der Waals surface area contributed by atoms with E-state index >= 15 is 0 Å². The Morgan fingerprint density at radius 2 is 1.79 bits per heavy atom. The molecule has 3 heterocycles. The van der Waals surface area contributed by atoms with E-state index in [1.165, 1.54) is 31.5 Å². The highest BCUT2D eigenvalue weighted by Crippen LogP contribution is 2.45. The number of aromatic nitrogens is 3. The first-order valence-corrected chi connectivity index (χ1v) is 27.4. The molecule has 0 aliphatic heterocycles. The van der Waals surface area contributed by atoms with Gasteiger partial charge in [-0.05, 0) is 126 Å². The maximum absolute atomic E-state index is 11.6. The minimum absolute atomic E-state index is 0.0222. The molecule has 6 N–H and O–H groups in total. The van der Waals surface area contributed by atoms with E-state index < -0.39 is 0 Å². The zero-order chi connectivity index (χ0) is 54.2. The molecule has 3 aromatic heterocycles. The van der Waals surface area contributed by atoms with Crippen molar-refractivity contribution in [3.8, 4) is 22.5 Å². The lowest BCUT2D eigenvalue weighted by atomic mass is 9.84. The summed E-state index contributed by atoms with van der Waals surface area (Å²) < 4.78 is 13.4. The van der Waals surface area contributed by atoms with Crippen LogP contribution >= 0.6 is 23.3 Å². The van der Waals surface area contributed by atoms with Gasteiger partial charge >= 0.3 is 0 Å². The molecule has 5 rings (SSSR count). The van der Waals surface area contributed by atoms with Gasteiger partial charge in [-0.2, -0.15) is 0 Å². The molecular weight excluding hydrogens is 941 g/mol. The van der Waals surface area contributed by atoms with Gasteiger partial charge in [0.25, 0.3) is 6.47 Å². The van der Waals surface area contributed by atoms with Gasteiger partial charge in [-0.1, -0.05) is 93.1 Å². The van der Waals surface area contributed by atoms with Gasteiger partial charge in [-0.3, -0.25) is 19.7 Å². The Labute approximate surface area is 441 Å². The predicted molar refractivity (Wildman–Crippen MR) is 305 cm³/mol. The number of rotatable bonds is 29. The molecule has 4 aromatic rings. The van der Waals surface area contributed by atoms with Crippen molar-refractivity contribution < 1.29 is 23.9 Å². The van der Waals surface area contributed by atoms with Crippen LogP contribution in [0.15, 0.2) is 79.6 Å². The van der Waals surface area contributed by atoms with Crippen LogP contribution in [-0.4, -0.2) is 89.3 Å². The Hall–Kier alpha value is -4.80. The van der Waals surface area contributed by atoms with Crippen LogP contribution in [0.4, 0.5) is 0 Å². The fourth-order valence-electron chi connectivity index (χ4n) is 8.59. The van der Waals surface area contributed by atoms with E-state index in [1.807, 2.05) is 37.9 Å². The summed E-state index contributed by atoms with van der Waals surface area (Å²) in [6.07, 6.45) is 11.9. The summed E-state index contributed by atoms with van der Waals surface area (Å²) >= 11 is 2.78. The van der Waals surface area contributed by atoms with Crippen LogP contribution in [0.3, 0.4) is 0 Å². The van der Waals surface area contributed by atoms with Crippen molar-refractivity contribution in [3.63, 3.8) is 0 Å². The third-order valence-electron chi connectivity index (χ3n) is 13.3. The van der Waals surface area contributed by atoms with Crippen LogP contribution in [0.5, 0.6) is 0 Å². The molecule has 400 valence electrons. The fourth-order valence-corrected chi connectivity index (χ4v) is 9.95. The zero-order valence-corrected chi connectivity index (χ0v) is 47.7. The minimum atomic E-state index is -0.329. The Bertz CT molecular complexity index is 2320. The van der Waals surface area contributed by atoms with Crippen molar-refractivity contribution in [1.29, 1.82) is 0 Å². The van der Waals surface area contributed by atoms with E-state index in [9.17, 15) is 14.4 Å². The van der Waals surface area contributed by atoms with Gasteiger partial charge in [0.15, 0.2) is 0 Å². The number of fused-ring (bicyclic) bond motifs is 1. The minimum Gasteiger partial charge on any atom is -0.467 e. The summed E-state index contributed by atoms with van der Waals surface area (Å²) in [5.41, 5.74) is 12.5. The molecule has 13 nitrogen and oxygen atoms in total. The molecule has 4 unspecified atom stereocenters. The summed E-state index contributed by atoms with van der Waals surface area (Å²) in [6, 6.07) is 10.7. The number of thiazole rings is 1. The monoisotopic (exact) mass is 1030 g/mol. The second kappa shape index (κ2) is 31.1. The highest BCUT2D eigenvalue weighted by Gasteiger charge is 2.39. The van der Waals surface area contributed by atoms with E-state index in [1.54, 1.807) is 24.6 Å². The molecule has 1 amide bonds. The number of amides is 1. The lowest BCUT2D eigenvalue weighted by molar-refractivity contribution is -0.131. The molecule has 0 bridgehead atoms. The number of allylic oxidation sites excluding steroid dienone is 1. The SMILES string of the molecule is C=C(NC(C)(CCCC(C=O)SN)Cc1nc(-c2ccc3c(c2)c(CC(C)(C)COC=O)c(-c2cccnc2C(C)OC)n3CC)cs1)C(C)C(C)C.C=CNCCN(CC1(C)CC1)C(=O)C=C.CC.CN. The van der Waals surface area contributed by atoms with Gasteiger partial charge in [-0.15, -0.1) is 11.3 Å². The van der Waals surface area contributed by atoms with Crippen molar-refractivity contribution in [3.05, 3.63) is 95.9 Å². The maximum atomic E-state index is 11.6. The molecule has 72 heavy (non-hydrogen) atoms. The van der Waals surface area contributed by atoms with E-state index in [0.29, 0.717) is 43.3 Å². The smallest absolute Gasteiger partial charge is 0.293 e. The number of nitrogens with zero attached hydrogens (tertiary/aromatic N) is 4. The second-order valence-electron chi connectivity index (χ2n) is 20.0. The maximum Gasteiger partial charge on any atom is 0.293 e. The van der Waals surface area contributed by atoms with Crippen molar-refractivity contribution in [2.75, 3.05) is 40.4 Å². The zero-order valence-electron chi connectivity index (χ0n) is 46.1. The predicted octanol–water partition coefficient (Wildman–Crippen LogP) is 11.5. The first-order chi connectivity index (χ1) is 34.3. The lowest BCUT2D eigenvalue weighted by Crippen LogP contribution is -2.45. The summed E-state index contributed by atoms with van der Waals surface area (Å²) in [5, 5.41) is 16.7. The molecule has 0 spiro atoms. The van der Waals surface area contributed by atoms with Crippen molar-refractivity contribution in [2.24, 2.45) is 33.5 Å². The Balaban J connectivity index is 0.000000788. The number of carbonyl (C=O) groups excluding carboxylic acids is 3. The number of methoxy groups -OCH3 is 1. The van der Waals surface area contributed by atoms with Gasteiger partial charge in [0.2, 0.25) is 5.91 Å². The number of hydrogen-bond acceptors (Lipinski definition) is 13. The van der Waals surface area contributed by atoms with Crippen LogP contribution in [0.25, 0.3) is 33.4 Å². The number of hydrogen-bond donors (Lipinski definition) is 4. The number of aryl methyl sites for hydroxylation is 1.